The molecule has 32 heavy (non-hydrogen) atoms. The highest BCUT2D eigenvalue weighted by Crippen LogP contribution is 2.31. The van der Waals surface area contributed by atoms with Gasteiger partial charge in [0, 0.05) is 0 Å². The highest BCUT2D eigenvalue weighted by atomic mass is 19.1. The number of rotatable bonds is 4. The summed E-state index contributed by atoms with van der Waals surface area (Å²) in [7, 11) is 0. The minimum atomic E-state index is -1.05. The summed E-state index contributed by atoms with van der Waals surface area (Å²) < 4.78 is 32.5. The van der Waals surface area contributed by atoms with Crippen LogP contribution in [0.3, 0.4) is 0 Å². The van der Waals surface area contributed by atoms with Crippen LogP contribution in [-0.2, 0) is 4.74 Å². The van der Waals surface area contributed by atoms with Crippen LogP contribution in [0.4, 0.5) is 13.6 Å². The van der Waals surface area contributed by atoms with Crippen LogP contribution in [0.2, 0.25) is 0 Å². The summed E-state index contributed by atoms with van der Waals surface area (Å²) in [6, 6.07) is 17.8. The van der Waals surface area contributed by atoms with Gasteiger partial charge in [-0.3, -0.25) is 4.90 Å². The quantitative estimate of drug-likeness (QED) is 0.514. The molecule has 1 heterocycles. The van der Waals surface area contributed by atoms with Crippen molar-refractivity contribution in [2.24, 2.45) is 0 Å². The number of carboxylic acid groups (broad SMARTS) is 1. The van der Waals surface area contributed by atoms with Gasteiger partial charge in [0.2, 0.25) is 0 Å². The van der Waals surface area contributed by atoms with Gasteiger partial charge in [0.15, 0.2) is 0 Å². The van der Waals surface area contributed by atoms with Crippen LogP contribution in [0.5, 0.6) is 0 Å². The molecule has 0 bridgehead atoms. The second kappa shape index (κ2) is 8.55. The van der Waals surface area contributed by atoms with Crippen LogP contribution in [0.15, 0.2) is 72.8 Å². The molecule has 4 nitrogen and oxygen atoms in total. The molecule has 1 saturated heterocycles. The molecule has 0 spiro atoms. The first-order valence-electron chi connectivity index (χ1n) is 10.2. The van der Waals surface area contributed by atoms with Gasteiger partial charge in [-0.25, -0.2) is 13.6 Å². The van der Waals surface area contributed by atoms with E-state index in [1.165, 1.54) is 29.2 Å². The normalized spacial score (nSPS) is 17.8. The van der Waals surface area contributed by atoms with E-state index < -0.39 is 17.9 Å². The SMILES string of the molecule is CC1(C)OC[C@@H](/C=C/c2cc(-c3ccc(F)cc3)cc(-c3ccc(F)cc3)c2)N1C(=O)O. The Balaban J connectivity index is 1.74. The molecule has 1 fully saturated rings. The van der Waals surface area contributed by atoms with Crippen molar-refractivity contribution in [2.45, 2.75) is 25.6 Å². The summed E-state index contributed by atoms with van der Waals surface area (Å²) in [5.41, 5.74) is 3.33. The van der Waals surface area contributed by atoms with Gasteiger partial charge in [-0.05, 0) is 84.1 Å². The molecule has 3 aromatic carbocycles. The first-order valence-corrected chi connectivity index (χ1v) is 10.2. The van der Waals surface area contributed by atoms with Crippen LogP contribution in [-0.4, -0.2) is 34.5 Å². The zero-order valence-electron chi connectivity index (χ0n) is 17.8. The fraction of sp³-hybridized carbons (Fsp3) is 0.192. The van der Waals surface area contributed by atoms with Crippen molar-refractivity contribution >= 4 is 12.2 Å². The van der Waals surface area contributed by atoms with Crippen LogP contribution in [0.1, 0.15) is 19.4 Å². The number of nitrogens with zero attached hydrogens (tertiary/aromatic N) is 1. The number of hydrogen-bond acceptors (Lipinski definition) is 2. The highest BCUT2D eigenvalue weighted by molar-refractivity contribution is 5.77. The Bertz CT molecular complexity index is 1090. The van der Waals surface area contributed by atoms with Gasteiger partial charge < -0.3 is 9.84 Å². The van der Waals surface area contributed by atoms with Crippen molar-refractivity contribution < 1.29 is 23.4 Å². The molecule has 1 amide bonds. The molecule has 0 aliphatic carbocycles. The van der Waals surface area contributed by atoms with Crippen molar-refractivity contribution in [3.05, 3.63) is 90.0 Å². The van der Waals surface area contributed by atoms with E-state index in [2.05, 4.69) is 0 Å². The molecule has 164 valence electrons. The molecule has 6 heteroatoms. The molecule has 0 radical (unpaired) electrons. The van der Waals surface area contributed by atoms with Crippen LogP contribution in [0, 0.1) is 11.6 Å². The predicted octanol–water partition coefficient (Wildman–Crippen LogP) is 6.43. The smallest absolute Gasteiger partial charge is 0.410 e. The van der Waals surface area contributed by atoms with E-state index >= 15 is 0 Å². The number of halogens is 2. The number of amides is 1. The number of ether oxygens (including phenoxy) is 1. The number of benzene rings is 3. The van der Waals surface area contributed by atoms with Gasteiger partial charge >= 0.3 is 6.09 Å². The van der Waals surface area contributed by atoms with E-state index in [4.69, 9.17) is 4.74 Å². The Morgan fingerprint density at radius 3 is 1.91 bits per heavy atom. The molecule has 0 unspecified atom stereocenters. The van der Waals surface area contributed by atoms with Crippen molar-refractivity contribution in [1.82, 2.24) is 4.90 Å². The van der Waals surface area contributed by atoms with Crippen molar-refractivity contribution in [3.63, 3.8) is 0 Å². The first-order chi connectivity index (χ1) is 15.2. The van der Waals surface area contributed by atoms with Crippen LogP contribution >= 0.6 is 0 Å². The molecular weight excluding hydrogens is 412 g/mol. The molecule has 3 aromatic rings. The minimum Gasteiger partial charge on any atom is -0.465 e. The summed E-state index contributed by atoms with van der Waals surface area (Å²) in [6.45, 7) is 3.70. The maximum atomic E-state index is 13.4. The fourth-order valence-electron chi connectivity index (χ4n) is 3.93. The van der Waals surface area contributed by atoms with Crippen LogP contribution < -0.4 is 0 Å². The van der Waals surface area contributed by atoms with E-state index in [0.29, 0.717) is 0 Å². The topological polar surface area (TPSA) is 49.8 Å². The van der Waals surface area contributed by atoms with Gasteiger partial charge in [0.1, 0.15) is 17.4 Å². The standard InChI is InChI=1S/C26H23F2NO3/c1-26(2)29(25(30)31)24(16-32-26)12-3-17-13-20(18-4-8-22(27)9-5-18)15-21(14-17)19-6-10-23(28)11-7-19/h3-15,24H,16H2,1-2H3,(H,30,31)/b12-3+/t24-/m1/s1. The second-order valence-electron chi connectivity index (χ2n) is 8.19. The lowest BCUT2D eigenvalue weighted by Crippen LogP contribution is -2.46. The Morgan fingerprint density at radius 2 is 1.44 bits per heavy atom. The Hall–Kier alpha value is -3.51. The molecular formula is C26H23F2NO3. The summed E-state index contributed by atoms with van der Waals surface area (Å²) >= 11 is 0. The van der Waals surface area contributed by atoms with Crippen molar-refractivity contribution in [1.29, 1.82) is 0 Å². The van der Waals surface area contributed by atoms with Crippen molar-refractivity contribution in [2.75, 3.05) is 6.61 Å². The molecule has 0 saturated carbocycles. The van der Waals surface area contributed by atoms with Gasteiger partial charge in [-0.2, -0.15) is 0 Å². The molecule has 1 aliphatic heterocycles. The zero-order valence-corrected chi connectivity index (χ0v) is 17.8. The lowest BCUT2D eigenvalue weighted by molar-refractivity contribution is -0.0409. The maximum Gasteiger partial charge on any atom is 0.410 e. The van der Waals surface area contributed by atoms with E-state index in [1.807, 2.05) is 24.3 Å². The van der Waals surface area contributed by atoms with E-state index in [-0.39, 0.29) is 18.2 Å². The zero-order chi connectivity index (χ0) is 22.9. The summed E-state index contributed by atoms with van der Waals surface area (Å²) in [4.78, 5) is 13.0. The average molecular weight is 435 g/mol. The maximum absolute atomic E-state index is 13.4. The molecule has 1 N–H and O–H groups in total. The molecule has 1 atom stereocenters. The second-order valence-corrected chi connectivity index (χ2v) is 8.19. The largest absolute Gasteiger partial charge is 0.465 e. The lowest BCUT2D eigenvalue weighted by atomic mass is 9.95. The van der Waals surface area contributed by atoms with Gasteiger partial charge in [0.25, 0.3) is 0 Å². The molecule has 0 aromatic heterocycles. The third-order valence-electron chi connectivity index (χ3n) is 5.55. The van der Waals surface area contributed by atoms with Crippen molar-refractivity contribution in [3.8, 4) is 22.3 Å². The minimum absolute atomic E-state index is 0.262. The molecule has 1 aliphatic rings. The number of hydrogen-bond donors (Lipinski definition) is 1. The van der Waals surface area contributed by atoms with Gasteiger partial charge in [-0.15, -0.1) is 0 Å². The summed E-state index contributed by atoms with van der Waals surface area (Å²) in [5, 5.41) is 9.60. The Kier molecular flexibility index (Phi) is 5.80. The average Bonchev–Trinajstić information content (AvgIpc) is 3.07. The van der Waals surface area contributed by atoms with Gasteiger partial charge in [-0.1, -0.05) is 36.4 Å². The monoisotopic (exact) mass is 435 g/mol. The fourth-order valence-corrected chi connectivity index (χ4v) is 3.93. The first kappa shape index (κ1) is 21.7. The summed E-state index contributed by atoms with van der Waals surface area (Å²) in [6.07, 6.45) is 2.61. The number of carbonyl (C=O) groups is 1. The Morgan fingerprint density at radius 1 is 0.938 bits per heavy atom. The third-order valence-corrected chi connectivity index (χ3v) is 5.55. The van der Waals surface area contributed by atoms with Crippen LogP contribution in [0.25, 0.3) is 28.3 Å². The van der Waals surface area contributed by atoms with E-state index in [9.17, 15) is 18.7 Å². The predicted molar refractivity (Wildman–Crippen MR) is 120 cm³/mol. The van der Waals surface area contributed by atoms with E-state index in [0.717, 1.165) is 27.8 Å². The summed E-state index contributed by atoms with van der Waals surface area (Å²) in [5.74, 6) is -0.637. The van der Waals surface area contributed by atoms with Gasteiger partial charge in [0.05, 0.1) is 12.6 Å². The third kappa shape index (κ3) is 4.55. The lowest BCUT2D eigenvalue weighted by Gasteiger charge is -2.29. The Labute approximate surface area is 185 Å². The molecule has 4 rings (SSSR count). The van der Waals surface area contributed by atoms with E-state index in [1.54, 1.807) is 44.2 Å². The highest BCUT2D eigenvalue weighted by Gasteiger charge is 2.42.